The number of rotatable bonds is 1. The average molecular weight is 410 g/mol. The molecule has 5 heteroatoms. The average Bonchev–Trinajstić information content (AvgIpc) is 2.37. The van der Waals surface area contributed by atoms with Crippen LogP contribution in [-0.4, -0.2) is 5.91 Å². The van der Waals surface area contributed by atoms with Gasteiger partial charge in [-0.05, 0) is 61.4 Å². The highest BCUT2D eigenvalue weighted by Gasteiger charge is 2.00. The van der Waals surface area contributed by atoms with Crippen molar-refractivity contribution in [2.24, 2.45) is 5.73 Å². The van der Waals surface area contributed by atoms with Gasteiger partial charge in [-0.2, -0.15) is 5.26 Å². The third-order valence-electron chi connectivity index (χ3n) is 2.50. The zero-order valence-corrected chi connectivity index (χ0v) is 14.8. The second-order valence-electron chi connectivity index (χ2n) is 4.51. The van der Waals surface area contributed by atoms with Crippen molar-refractivity contribution >= 4 is 37.8 Å². The van der Waals surface area contributed by atoms with Crippen LogP contribution in [0.4, 0.5) is 0 Å². The van der Waals surface area contributed by atoms with Crippen LogP contribution in [0.15, 0.2) is 45.3 Å². The minimum Gasteiger partial charge on any atom is -0.366 e. The van der Waals surface area contributed by atoms with E-state index >= 15 is 0 Å². The van der Waals surface area contributed by atoms with Crippen LogP contribution in [0.1, 0.15) is 27.0 Å². The number of halogens is 2. The molecule has 108 valence electrons. The Bertz CT molecular complexity index is 665. The summed E-state index contributed by atoms with van der Waals surface area (Å²) in [4.78, 5) is 10.7. The van der Waals surface area contributed by atoms with Gasteiger partial charge in [0.25, 0.3) is 0 Å². The number of nitriles is 1. The number of amides is 1. The summed E-state index contributed by atoms with van der Waals surface area (Å²) in [5, 5.41) is 8.52. The summed E-state index contributed by atoms with van der Waals surface area (Å²) >= 11 is 6.58. The molecule has 0 spiro atoms. The van der Waals surface area contributed by atoms with E-state index in [9.17, 15) is 4.79 Å². The van der Waals surface area contributed by atoms with Crippen LogP contribution in [0.25, 0.3) is 0 Å². The van der Waals surface area contributed by atoms with Crippen molar-refractivity contribution < 1.29 is 4.79 Å². The van der Waals surface area contributed by atoms with Gasteiger partial charge in [-0.25, -0.2) is 0 Å². The third-order valence-corrected chi connectivity index (χ3v) is 3.41. The first-order valence-corrected chi connectivity index (χ1v) is 7.64. The molecule has 0 aliphatic carbocycles. The third kappa shape index (κ3) is 6.11. The molecule has 0 aromatic heterocycles. The van der Waals surface area contributed by atoms with Crippen LogP contribution in [0.3, 0.4) is 0 Å². The summed E-state index contributed by atoms with van der Waals surface area (Å²) < 4.78 is 1.84. The maximum absolute atomic E-state index is 10.7. The van der Waals surface area contributed by atoms with Gasteiger partial charge in [-0.1, -0.05) is 31.9 Å². The fourth-order valence-corrected chi connectivity index (χ4v) is 2.89. The maximum Gasteiger partial charge on any atom is 0.248 e. The summed E-state index contributed by atoms with van der Waals surface area (Å²) in [6, 6.07) is 13.1. The van der Waals surface area contributed by atoms with Gasteiger partial charge < -0.3 is 5.73 Å². The first kappa shape index (κ1) is 17.4. The normalized spacial score (nSPS) is 9.29. The summed E-state index contributed by atoms with van der Waals surface area (Å²) in [6.07, 6.45) is 0. The van der Waals surface area contributed by atoms with E-state index in [1.165, 1.54) is 0 Å². The van der Waals surface area contributed by atoms with Crippen molar-refractivity contribution in [3.8, 4) is 6.07 Å². The maximum atomic E-state index is 10.7. The van der Waals surface area contributed by atoms with Crippen molar-refractivity contribution in [1.82, 2.24) is 0 Å². The first-order chi connectivity index (χ1) is 9.81. The Morgan fingerprint density at radius 1 is 1.00 bits per heavy atom. The van der Waals surface area contributed by atoms with Crippen LogP contribution in [0, 0.1) is 25.2 Å². The van der Waals surface area contributed by atoms with Gasteiger partial charge in [0.1, 0.15) is 0 Å². The van der Waals surface area contributed by atoms with Gasteiger partial charge in [0.2, 0.25) is 5.91 Å². The van der Waals surface area contributed by atoms with Crippen molar-refractivity contribution in [1.29, 1.82) is 5.26 Å². The number of hydrogen-bond donors (Lipinski definition) is 1. The number of nitrogens with zero attached hydrogens (tertiary/aromatic N) is 1. The second kappa shape index (κ2) is 7.96. The molecule has 2 aromatic rings. The number of carbonyl (C=O) groups is 1. The quantitative estimate of drug-likeness (QED) is 0.753. The predicted octanol–water partition coefficient (Wildman–Crippen LogP) is 4.49. The zero-order chi connectivity index (χ0) is 16.0. The van der Waals surface area contributed by atoms with E-state index < -0.39 is 5.91 Å². The fourth-order valence-electron chi connectivity index (χ4n) is 1.68. The summed E-state index contributed by atoms with van der Waals surface area (Å²) in [6.45, 7) is 3.88. The van der Waals surface area contributed by atoms with Crippen LogP contribution in [-0.2, 0) is 0 Å². The van der Waals surface area contributed by atoms with Crippen molar-refractivity contribution in [3.63, 3.8) is 0 Å². The first-order valence-electron chi connectivity index (χ1n) is 6.06. The van der Waals surface area contributed by atoms with E-state index in [1.807, 2.05) is 32.0 Å². The molecule has 0 aliphatic heterocycles. The molecule has 21 heavy (non-hydrogen) atoms. The van der Waals surface area contributed by atoms with Crippen molar-refractivity contribution in [2.45, 2.75) is 13.8 Å². The number of carbonyl (C=O) groups excluding carboxylic acids is 1. The Balaban J connectivity index is 0.000000211. The summed E-state index contributed by atoms with van der Waals surface area (Å²) in [7, 11) is 0. The lowest BCUT2D eigenvalue weighted by atomic mass is 10.1. The van der Waals surface area contributed by atoms with Crippen LogP contribution >= 0.6 is 31.9 Å². The molecule has 1 amide bonds. The molecule has 2 rings (SSSR count). The Morgan fingerprint density at radius 2 is 1.52 bits per heavy atom. The Labute approximate surface area is 141 Å². The van der Waals surface area contributed by atoms with Gasteiger partial charge in [0, 0.05) is 14.5 Å². The minimum atomic E-state index is -0.394. The van der Waals surface area contributed by atoms with Gasteiger partial charge in [-0.15, -0.1) is 0 Å². The number of aryl methyl sites for hydroxylation is 2. The number of benzene rings is 2. The smallest absolute Gasteiger partial charge is 0.248 e. The molecule has 0 saturated heterocycles. The van der Waals surface area contributed by atoms with E-state index in [0.717, 1.165) is 20.1 Å². The monoisotopic (exact) mass is 408 g/mol. The second-order valence-corrected chi connectivity index (χ2v) is 6.34. The van der Waals surface area contributed by atoms with Gasteiger partial charge in [0.05, 0.1) is 11.6 Å². The molecule has 2 N–H and O–H groups in total. The fraction of sp³-hybridized carbons (Fsp3) is 0.125. The highest BCUT2D eigenvalue weighted by atomic mass is 79.9. The van der Waals surface area contributed by atoms with Gasteiger partial charge in [0.15, 0.2) is 0 Å². The molecule has 0 bridgehead atoms. The van der Waals surface area contributed by atoms with Gasteiger partial charge in [-0.3, -0.25) is 4.79 Å². The SMILES string of the molecule is Cc1cc(Br)cc(C#N)c1.Cc1cc(Br)cc(C(N)=O)c1. The van der Waals surface area contributed by atoms with Crippen LogP contribution < -0.4 is 5.73 Å². The van der Waals surface area contributed by atoms with Crippen LogP contribution in [0.2, 0.25) is 0 Å². The van der Waals surface area contributed by atoms with E-state index in [1.54, 1.807) is 18.2 Å². The molecule has 0 fully saturated rings. The van der Waals surface area contributed by atoms with Crippen molar-refractivity contribution in [2.75, 3.05) is 0 Å². The van der Waals surface area contributed by atoms with E-state index in [0.29, 0.717) is 11.1 Å². The summed E-state index contributed by atoms with van der Waals surface area (Å²) in [5.41, 5.74) is 8.46. The van der Waals surface area contributed by atoms with Crippen molar-refractivity contribution in [3.05, 3.63) is 67.6 Å². The molecule has 2 aromatic carbocycles. The molecule has 0 aliphatic rings. The number of nitrogens with two attached hydrogens (primary N) is 1. The summed E-state index contributed by atoms with van der Waals surface area (Å²) in [5.74, 6) is -0.394. The van der Waals surface area contributed by atoms with E-state index in [4.69, 9.17) is 11.0 Å². The predicted molar refractivity (Wildman–Crippen MR) is 91.0 cm³/mol. The highest BCUT2D eigenvalue weighted by Crippen LogP contribution is 2.15. The molecule has 0 atom stereocenters. The number of primary amides is 1. The Morgan fingerprint density at radius 3 is 1.95 bits per heavy atom. The molecule has 0 radical (unpaired) electrons. The lowest BCUT2D eigenvalue weighted by Crippen LogP contribution is -2.10. The minimum absolute atomic E-state index is 0.394. The molecular weight excluding hydrogens is 396 g/mol. The molecule has 3 nitrogen and oxygen atoms in total. The number of hydrogen-bond acceptors (Lipinski definition) is 2. The lowest BCUT2D eigenvalue weighted by Gasteiger charge is -1.98. The molecular formula is C16H14Br2N2O. The van der Waals surface area contributed by atoms with E-state index in [2.05, 4.69) is 37.9 Å². The largest absolute Gasteiger partial charge is 0.366 e. The van der Waals surface area contributed by atoms with E-state index in [-0.39, 0.29) is 0 Å². The lowest BCUT2D eigenvalue weighted by molar-refractivity contribution is 0.1000. The Kier molecular flexibility index (Phi) is 6.60. The van der Waals surface area contributed by atoms with Gasteiger partial charge >= 0.3 is 0 Å². The Hall–Kier alpha value is -1.64. The van der Waals surface area contributed by atoms with Crippen LogP contribution in [0.5, 0.6) is 0 Å². The highest BCUT2D eigenvalue weighted by molar-refractivity contribution is 9.10. The molecule has 0 saturated carbocycles. The molecule has 0 unspecified atom stereocenters. The zero-order valence-electron chi connectivity index (χ0n) is 11.7. The molecule has 0 heterocycles. The topological polar surface area (TPSA) is 66.9 Å². The standard InChI is InChI=1S/C8H8BrNO.C8H6BrN/c1-5-2-6(8(10)11)4-7(9)3-5;1-6-2-7(5-10)4-8(9)3-6/h2-4H,1H3,(H2,10,11);2-4H,1H3.